The maximum Gasteiger partial charge on any atom is 0.252 e. The number of fused-ring (bicyclic) bond motifs is 13. The highest BCUT2D eigenvalue weighted by Crippen LogP contribution is 2.55. The number of aromatic nitrogens is 2. The SMILES string of the molecule is CC(C)(C)c1cccc(-n2c3ccccc3c3c(N4c5cc(-c6cc(C(C)(C)C)cc(C(C)(C)C)c6)ccc5B5c6ccc(-n7c8ccc(C(C)(C)C)cc8c8cc(C(C)(C)C)ccc87)cc6N(c6c(-c7ccccc7)ccc7oc8ccccc8c67)c6cc(C(C)(C)C)cc4c65)cc(-c4ccccc4)cc32)c1. The van der Waals surface area contributed by atoms with Gasteiger partial charge in [0.2, 0.25) is 0 Å². The molecule has 5 heterocycles. The predicted molar refractivity (Wildman–Crippen MR) is 465 cm³/mol. The van der Waals surface area contributed by atoms with Gasteiger partial charge in [-0.25, -0.2) is 0 Å². The second-order valence-corrected chi connectivity index (χ2v) is 37.1. The van der Waals surface area contributed by atoms with Crippen LogP contribution in [0.3, 0.4) is 0 Å². The van der Waals surface area contributed by atoms with Gasteiger partial charge in [-0.1, -0.05) is 282 Å². The fraction of sp³-hybridized carbons (Fsp3) is 0.235. The zero-order valence-electron chi connectivity index (χ0n) is 66.1. The normalized spacial score (nSPS) is 13.6. The van der Waals surface area contributed by atoms with Crippen LogP contribution in [-0.4, -0.2) is 15.8 Å². The summed E-state index contributed by atoms with van der Waals surface area (Å²) >= 11 is 0. The van der Waals surface area contributed by atoms with Crippen molar-refractivity contribution in [3.63, 3.8) is 0 Å². The third-order valence-electron chi connectivity index (χ3n) is 23.6. The first kappa shape index (κ1) is 68.7. The Kier molecular flexibility index (Phi) is 15.4. The van der Waals surface area contributed by atoms with Crippen molar-refractivity contribution >= 4 is 123 Å². The molecule has 0 aliphatic carbocycles. The van der Waals surface area contributed by atoms with E-state index < -0.39 is 0 Å². The van der Waals surface area contributed by atoms with Gasteiger partial charge in [0.05, 0.1) is 38.8 Å². The van der Waals surface area contributed by atoms with Crippen LogP contribution in [0.15, 0.2) is 265 Å². The summed E-state index contributed by atoms with van der Waals surface area (Å²) in [4.78, 5) is 5.44. The van der Waals surface area contributed by atoms with E-state index in [9.17, 15) is 0 Å². The van der Waals surface area contributed by atoms with Gasteiger partial charge in [-0.05, 0) is 213 Å². The second-order valence-electron chi connectivity index (χ2n) is 37.1. The highest BCUT2D eigenvalue weighted by atomic mass is 16.3. The summed E-state index contributed by atoms with van der Waals surface area (Å²) < 4.78 is 12.2. The zero-order chi connectivity index (χ0) is 75.2. The molecule has 0 saturated heterocycles. The number of hydrogen-bond donors (Lipinski definition) is 0. The number of furan rings is 1. The number of hydrogen-bond acceptors (Lipinski definition) is 3. The molecule has 0 unspecified atom stereocenters. The van der Waals surface area contributed by atoms with Crippen molar-refractivity contribution in [2.75, 3.05) is 9.80 Å². The van der Waals surface area contributed by atoms with Gasteiger partial charge < -0.3 is 23.4 Å². The molecule has 5 nitrogen and oxygen atoms in total. The highest BCUT2D eigenvalue weighted by molar-refractivity contribution is 7.00. The molecule has 3 aromatic heterocycles. The van der Waals surface area contributed by atoms with Gasteiger partial charge in [0.1, 0.15) is 11.2 Å². The van der Waals surface area contributed by atoms with Crippen LogP contribution in [0.4, 0.5) is 34.1 Å². The lowest BCUT2D eigenvalue weighted by molar-refractivity contribution is 0.569. The van der Waals surface area contributed by atoms with Gasteiger partial charge in [0.15, 0.2) is 0 Å². The van der Waals surface area contributed by atoms with Crippen molar-refractivity contribution in [3.8, 4) is 44.8 Å². The maximum atomic E-state index is 7.11. The van der Waals surface area contributed by atoms with E-state index in [1.807, 2.05) is 0 Å². The Morgan fingerprint density at radius 1 is 0.259 bits per heavy atom. The lowest BCUT2D eigenvalue weighted by Crippen LogP contribution is -2.61. The molecule has 0 amide bonds. The van der Waals surface area contributed by atoms with Crippen molar-refractivity contribution < 1.29 is 4.42 Å². The third kappa shape index (κ3) is 11.2. The quantitative estimate of drug-likeness (QED) is 0.149. The van der Waals surface area contributed by atoms with Crippen LogP contribution in [0.1, 0.15) is 158 Å². The monoisotopic (exact) mass is 1400 g/mol. The van der Waals surface area contributed by atoms with E-state index in [1.165, 1.54) is 93.5 Å². The van der Waals surface area contributed by atoms with Crippen LogP contribution in [0.5, 0.6) is 0 Å². The van der Waals surface area contributed by atoms with Crippen molar-refractivity contribution in [2.45, 2.75) is 157 Å². The van der Waals surface area contributed by atoms with Crippen molar-refractivity contribution in [1.82, 2.24) is 9.13 Å². The first-order valence-electron chi connectivity index (χ1n) is 38.9. The number of benzene rings is 13. The largest absolute Gasteiger partial charge is 0.456 e. The molecular weight excluding hydrogens is 1310 g/mol. The van der Waals surface area contributed by atoms with Crippen molar-refractivity contribution in [3.05, 3.63) is 294 Å². The standard InChI is InChI=1S/C102H97BN4O/c1-97(2,3)67-34-29-35-73(56-67)105-82-38-27-25-36-76(82)93-87(105)53-66(62-30-21-19-22-31-62)54-88(93)106-85-52-64(65-50-70(100(10,11)12)55-71(51-65)101(13,14)15)40-45-80(85)103-81-46-43-74(104-83-47-41-68(98(4,5)6)57-78(83)79-58-69(99(7,8)9)42-48-84(79)104)61-86(81)107(90-60-72(102(16,17)18)59-89(106)95(90)103)96-75(63-32-23-20-24-33-63)44-49-92-94(96)77-37-26-28-39-91(77)108-92/h19-61H,1-18H3. The minimum Gasteiger partial charge on any atom is -0.456 e. The molecule has 18 rings (SSSR count). The van der Waals surface area contributed by atoms with Crippen molar-refractivity contribution in [2.24, 2.45) is 0 Å². The summed E-state index contributed by atoms with van der Waals surface area (Å²) in [7, 11) is 0. The van der Waals surface area contributed by atoms with Gasteiger partial charge in [-0.2, -0.15) is 0 Å². The number of para-hydroxylation sites is 2. The molecule has 2 aliphatic heterocycles. The Morgan fingerprint density at radius 3 is 1.37 bits per heavy atom. The predicted octanol–water partition coefficient (Wildman–Crippen LogP) is 26.6. The van der Waals surface area contributed by atoms with Crippen LogP contribution in [-0.2, 0) is 32.5 Å². The third-order valence-corrected chi connectivity index (χ3v) is 23.6. The molecule has 2 aliphatic rings. The Bertz CT molecular complexity index is 6270. The van der Waals surface area contributed by atoms with E-state index in [1.54, 1.807) is 0 Å². The number of anilines is 6. The van der Waals surface area contributed by atoms with Gasteiger partial charge in [0, 0.05) is 66.6 Å². The molecule has 0 atom stereocenters. The fourth-order valence-corrected chi connectivity index (χ4v) is 17.4. The molecular formula is C102H97BN4O. The lowest BCUT2D eigenvalue weighted by Gasteiger charge is -2.46. The summed E-state index contributed by atoms with van der Waals surface area (Å²) in [6.45, 7) is 42.1. The molecule has 0 radical (unpaired) electrons. The molecule has 16 aromatic rings. The molecule has 0 saturated carbocycles. The minimum absolute atomic E-state index is 0.0594. The number of rotatable bonds is 7. The molecule has 0 fully saturated rings. The molecule has 0 N–H and O–H groups in total. The maximum absolute atomic E-state index is 7.11. The summed E-state index contributed by atoms with van der Waals surface area (Å²) in [6.07, 6.45) is 0. The molecule has 6 heteroatoms. The second kappa shape index (κ2) is 24.2. The topological polar surface area (TPSA) is 29.5 Å². The van der Waals surface area contributed by atoms with E-state index in [0.717, 1.165) is 101 Å². The molecule has 108 heavy (non-hydrogen) atoms. The fourth-order valence-electron chi connectivity index (χ4n) is 17.4. The van der Waals surface area contributed by atoms with Crippen LogP contribution in [0.25, 0.3) is 110 Å². The van der Waals surface area contributed by atoms with Gasteiger partial charge >= 0.3 is 0 Å². The first-order valence-corrected chi connectivity index (χ1v) is 38.9. The van der Waals surface area contributed by atoms with Gasteiger partial charge in [0.25, 0.3) is 6.71 Å². The van der Waals surface area contributed by atoms with Crippen molar-refractivity contribution in [1.29, 1.82) is 0 Å². The van der Waals surface area contributed by atoms with Crippen LogP contribution in [0.2, 0.25) is 0 Å². The average Bonchev–Trinajstić information content (AvgIpc) is 0.995. The van der Waals surface area contributed by atoms with E-state index >= 15 is 0 Å². The summed E-state index contributed by atoms with van der Waals surface area (Å²) in [5, 5.41) is 7.04. The van der Waals surface area contributed by atoms with Gasteiger partial charge in [-0.3, -0.25) is 0 Å². The van der Waals surface area contributed by atoms with Crippen LogP contribution < -0.4 is 26.2 Å². The Hall–Kier alpha value is -11.1. The van der Waals surface area contributed by atoms with Gasteiger partial charge in [-0.15, -0.1) is 0 Å². The highest BCUT2D eigenvalue weighted by Gasteiger charge is 2.46. The Balaban J connectivity index is 1.02. The van der Waals surface area contributed by atoms with Crippen LogP contribution >= 0.6 is 0 Å². The lowest BCUT2D eigenvalue weighted by atomic mass is 9.33. The average molecular weight is 1410 g/mol. The summed E-state index contributed by atoms with van der Waals surface area (Å²) in [5.74, 6) is 0. The van der Waals surface area contributed by atoms with E-state index in [2.05, 4.69) is 404 Å². The summed E-state index contributed by atoms with van der Waals surface area (Å²) in [6, 6.07) is 101. The van der Waals surface area contributed by atoms with E-state index in [0.29, 0.717) is 0 Å². The Labute approximate surface area is 638 Å². The first-order chi connectivity index (χ1) is 51.3. The summed E-state index contributed by atoms with van der Waals surface area (Å²) in [5.41, 5.74) is 33.0. The molecule has 0 bridgehead atoms. The molecule has 0 spiro atoms. The zero-order valence-corrected chi connectivity index (χ0v) is 66.1. The number of nitrogens with zero attached hydrogens (tertiary/aromatic N) is 4. The molecule has 13 aromatic carbocycles. The Morgan fingerprint density at radius 2 is 0.750 bits per heavy atom. The van der Waals surface area contributed by atoms with E-state index in [-0.39, 0.29) is 39.2 Å². The smallest absolute Gasteiger partial charge is 0.252 e. The van der Waals surface area contributed by atoms with E-state index in [4.69, 9.17) is 4.42 Å². The minimum atomic E-state index is -0.341. The molecule has 534 valence electrons. The van der Waals surface area contributed by atoms with Crippen LogP contribution in [0, 0.1) is 0 Å².